The first-order valence-corrected chi connectivity index (χ1v) is 11.8. The van der Waals surface area contributed by atoms with Crippen LogP contribution in [-0.4, -0.2) is 29.3 Å². The number of carbonyl (C=O) groups excluding carboxylic acids is 2. The van der Waals surface area contributed by atoms with Crippen molar-refractivity contribution in [2.24, 2.45) is 0 Å². The summed E-state index contributed by atoms with van der Waals surface area (Å²) >= 11 is 1.71. The highest BCUT2D eigenvalue weighted by Crippen LogP contribution is 2.47. The topological polar surface area (TPSA) is 49.4 Å². The lowest BCUT2D eigenvalue weighted by atomic mass is 9.78. The summed E-state index contributed by atoms with van der Waals surface area (Å²) < 4.78 is 0. The van der Waals surface area contributed by atoms with Gasteiger partial charge in [0.1, 0.15) is 0 Å². The highest BCUT2D eigenvalue weighted by molar-refractivity contribution is 7.09. The van der Waals surface area contributed by atoms with E-state index in [4.69, 9.17) is 0 Å². The number of nitrogens with one attached hydrogen (secondary N) is 1. The first kappa shape index (κ1) is 20.0. The van der Waals surface area contributed by atoms with E-state index in [0.29, 0.717) is 12.1 Å². The van der Waals surface area contributed by atoms with Gasteiger partial charge in [0.15, 0.2) is 0 Å². The van der Waals surface area contributed by atoms with Gasteiger partial charge >= 0.3 is 0 Å². The summed E-state index contributed by atoms with van der Waals surface area (Å²) in [5.74, 6) is -0.375. The van der Waals surface area contributed by atoms with E-state index >= 15 is 0 Å². The van der Waals surface area contributed by atoms with E-state index in [9.17, 15) is 9.59 Å². The fraction of sp³-hybridized carbons (Fsp3) is 0.308. The fourth-order valence-corrected chi connectivity index (χ4v) is 5.38. The van der Waals surface area contributed by atoms with Crippen LogP contribution in [0.5, 0.6) is 0 Å². The number of fused-ring (bicyclic) bond motifs is 1. The van der Waals surface area contributed by atoms with Gasteiger partial charge in [-0.05, 0) is 54.8 Å². The Balaban J connectivity index is 1.53. The van der Waals surface area contributed by atoms with Gasteiger partial charge in [0.25, 0.3) is 5.91 Å². The quantitative estimate of drug-likeness (QED) is 0.607. The van der Waals surface area contributed by atoms with Gasteiger partial charge in [0.2, 0.25) is 5.91 Å². The third-order valence-electron chi connectivity index (χ3n) is 6.23. The minimum Gasteiger partial charge on any atom is -0.355 e. The van der Waals surface area contributed by atoms with Crippen molar-refractivity contribution in [3.05, 3.63) is 93.2 Å². The van der Waals surface area contributed by atoms with Crippen molar-refractivity contribution in [3.63, 3.8) is 0 Å². The Kier molecular flexibility index (Phi) is 5.36. The molecule has 2 heterocycles. The summed E-state index contributed by atoms with van der Waals surface area (Å²) in [6.07, 6.45) is 2.82. The molecule has 2 atom stereocenters. The molecule has 1 N–H and O–H groups in total. The number of aryl methyl sites for hydroxylation is 1. The molecule has 1 fully saturated rings. The molecule has 2 aromatic carbocycles. The molecule has 158 valence electrons. The molecule has 31 heavy (non-hydrogen) atoms. The van der Waals surface area contributed by atoms with Crippen LogP contribution >= 0.6 is 11.3 Å². The molecule has 1 aromatic heterocycles. The second-order valence-corrected chi connectivity index (χ2v) is 9.52. The van der Waals surface area contributed by atoms with Crippen LogP contribution < -0.4 is 5.32 Å². The molecule has 5 rings (SSSR count). The lowest BCUT2D eigenvalue weighted by Crippen LogP contribution is -2.48. The molecule has 1 aliphatic heterocycles. The third kappa shape index (κ3) is 3.90. The van der Waals surface area contributed by atoms with Crippen LogP contribution in [0.15, 0.2) is 66.0 Å². The van der Waals surface area contributed by atoms with Gasteiger partial charge in [-0.15, -0.1) is 11.3 Å². The number of carbonyl (C=O) groups is 2. The maximum Gasteiger partial charge on any atom is 0.254 e. The minimum absolute atomic E-state index is 0.00587. The van der Waals surface area contributed by atoms with Gasteiger partial charge < -0.3 is 10.2 Å². The Bertz CT molecular complexity index is 1100. The van der Waals surface area contributed by atoms with Crippen molar-refractivity contribution in [1.29, 1.82) is 0 Å². The largest absolute Gasteiger partial charge is 0.355 e. The van der Waals surface area contributed by atoms with Crippen LogP contribution in [0, 0.1) is 6.92 Å². The van der Waals surface area contributed by atoms with Crippen molar-refractivity contribution >= 4 is 23.2 Å². The SMILES string of the molecule is Cc1cccc([C@@H]2[C@H](C(=O)NCCc3cccs3)c3ccccc3C(=O)N2C2CC2)c1. The van der Waals surface area contributed by atoms with E-state index in [0.717, 1.165) is 36.0 Å². The number of hydrogen-bond acceptors (Lipinski definition) is 3. The first-order chi connectivity index (χ1) is 15.1. The summed E-state index contributed by atoms with van der Waals surface area (Å²) in [6, 6.07) is 19.9. The van der Waals surface area contributed by atoms with Gasteiger partial charge in [-0.2, -0.15) is 0 Å². The first-order valence-electron chi connectivity index (χ1n) is 10.9. The molecular formula is C26H26N2O2S. The maximum absolute atomic E-state index is 13.6. The molecule has 1 aliphatic carbocycles. The summed E-state index contributed by atoms with van der Waals surface area (Å²) in [5, 5.41) is 5.23. The molecule has 3 aromatic rings. The van der Waals surface area contributed by atoms with E-state index in [1.54, 1.807) is 11.3 Å². The Hall–Kier alpha value is -2.92. The monoisotopic (exact) mass is 430 g/mol. The molecule has 0 unspecified atom stereocenters. The third-order valence-corrected chi connectivity index (χ3v) is 7.17. The van der Waals surface area contributed by atoms with Crippen LogP contribution in [-0.2, 0) is 11.2 Å². The van der Waals surface area contributed by atoms with E-state index in [1.807, 2.05) is 41.3 Å². The van der Waals surface area contributed by atoms with E-state index in [2.05, 4.69) is 41.9 Å². The average Bonchev–Trinajstić information content (AvgIpc) is 3.48. The Morgan fingerprint density at radius 1 is 1.10 bits per heavy atom. The molecule has 4 nitrogen and oxygen atoms in total. The second kappa shape index (κ2) is 8.31. The molecule has 0 radical (unpaired) electrons. The predicted octanol–water partition coefficient (Wildman–Crippen LogP) is 4.86. The molecule has 0 bridgehead atoms. The lowest BCUT2D eigenvalue weighted by Gasteiger charge is -2.42. The van der Waals surface area contributed by atoms with Gasteiger partial charge in [0.05, 0.1) is 12.0 Å². The molecule has 0 spiro atoms. The van der Waals surface area contributed by atoms with Gasteiger partial charge in [-0.25, -0.2) is 0 Å². The van der Waals surface area contributed by atoms with Gasteiger partial charge in [-0.1, -0.05) is 54.1 Å². The number of rotatable bonds is 6. The van der Waals surface area contributed by atoms with Crippen molar-refractivity contribution in [1.82, 2.24) is 10.2 Å². The summed E-state index contributed by atoms with van der Waals surface area (Å²) in [7, 11) is 0. The molecular weight excluding hydrogens is 404 g/mol. The highest BCUT2D eigenvalue weighted by Gasteiger charge is 2.48. The van der Waals surface area contributed by atoms with Crippen LogP contribution in [0.2, 0.25) is 0 Å². The Morgan fingerprint density at radius 3 is 2.68 bits per heavy atom. The summed E-state index contributed by atoms with van der Waals surface area (Å²) in [4.78, 5) is 30.4. The van der Waals surface area contributed by atoms with E-state index in [-0.39, 0.29) is 23.9 Å². The number of hydrogen-bond donors (Lipinski definition) is 1. The fourth-order valence-electron chi connectivity index (χ4n) is 4.67. The number of benzene rings is 2. The van der Waals surface area contributed by atoms with Crippen LogP contribution in [0.4, 0.5) is 0 Å². The standard InChI is InChI=1S/C26H26N2O2S/c1-17-6-4-7-18(16-17)24-23(25(29)27-14-13-20-8-5-15-31-20)21-9-2-3-10-22(21)26(30)28(24)19-11-12-19/h2-10,15-16,19,23-24H,11-14H2,1H3,(H,27,29)/t23-,24-/m1/s1. The van der Waals surface area contributed by atoms with Crippen LogP contribution in [0.25, 0.3) is 0 Å². The van der Waals surface area contributed by atoms with Crippen molar-refractivity contribution < 1.29 is 9.59 Å². The van der Waals surface area contributed by atoms with Crippen LogP contribution in [0.3, 0.4) is 0 Å². The van der Waals surface area contributed by atoms with Crippen molar-refractivity contribution in [2.45, 2.75) is 44.2 Å². The average molecular weight is 431 g/mol. The highest BCUT2D eigenvalue weighted by atomic mass is 32.1. The normalized spacial score (nSPS) is 20.4. The molecule has 2 aliphatic rings. The molecule has 1 saturated carbocycles. The number of nitrogens with zero attached hydrogens (tertiary/aromatic N) is 1. The Morgan fingerprint density at radius 2 is 1.94 bits per heavy atom. The van der Waals surface area contributed by atoms with Gasteiger partial charge in [-0.3, -0.25) is 9.59 Å². The van der Waals surface area contributed by atoms with E-state index < -0.39 is 5.92 Å². The van der Waals surface area contributed by atoms with E-state index in [1.165, 1.54) is 4.88 Å². The molecule has 2 amide bonds. The number of amides is 2. The van der Waals surface area contributed by atoms with Gasteiger partial charge in [0, 0.05) is 23.0 Å². The Labute approximate surface area is 186 Å². The minimum atomic E-state index is -0.417. The predicted molar refractivity (Wildman–Crippen MR) is 123 cm³/mol. The zero-order valence-electron chi connectivity index (χ0n) is 17.6. The lowest BCUT2D eigenvalue weighted by molar-refractivity contribution is -0.124. The zero-order chi connectivity index (χ0) is 21.4. The summed E-state index contributed by atoms with van der Waals surface area (Å²) in [5.41, 5.74) is 3.67. The smallest absolute Gasteiger partial charge is 0.254 e. The van der Waals surface area contributed by atoms with Crippen LogP contribution in [0.1, 0.15) is 56.7 Å². The zero-order valence-corrected chi connectivity index (χ0v) is 18.4. The molecule has 0 saturated heterocycles. The summed E-state index contributed by atoms with van der Waals surface area (Å²) in [6.45, 7) is 2.65. The molecule has 5 heteroatoms. The maximum atomic E-state index is 13.6. The second-order valence-electron chi connectivity index (χ2n) is 8.49. The van der Waals surface area contributed by atoms with Crippen molar-refractivity contribution in [2.75, 3.05) is 6.54 Å². The van der Waals surface area contributed by atoms with Crippen molar-refractivity contribution in [3.8, 4) is 0 Å². The number of thiophene rings is 1.